The highest BCUT2D eigenvalue weighted by Crippen LogP contribution is 2.13. The number of esters is 1. The number of hydrogen-bond acceptors (Lipinski definition) is 4. The summed E-state index contributed by atoms with van der Waals surface area (Å²) in [5.41, 5.74) is 3.26. The number of nitriles is 1. The monoisotopic (exact) mass is 347 g/mol. The van der Waals surface area contributed by atoms with Crippen LogP contribution in [0.3, 0.4) is 0 Å². The summed E-state index contributed by atoms with van der Waals surface area (Å²) in [4.78, 5) is 24.6. The van der Waals surface area contributed by atoms with Crippen LogP contribution >= 0.6 is 0 Å². The van der Waals surface area contributed by atoms with E-state index < -0.39 is 12.1 Å². The zero-order valence-electron chi connectivity index (χ0n) is 15.2. The molecule has 0 saturated heterocycles. The third-order valence-corrected chi connectivity index (χ3v) is 4.03. The zero-order chi connectivity index (χ0) is 19.1. The second-order valence-corrected chi connectivity index (χ2v) is 6.04. The van der Waals surface area contributed by atoms with Crippen LogP contribution in [0.25, 0.3) is 6.08 Å². The van der Waals surface area contributed by atoms with Gasteiger partial charge in [-0.25, -0.2) is 4.79 Å². The van der Waals surface area contributed by atoms with Gasteiger partial charge in [0.2, 0.25) is 5.78 Å². The number of hydrogen-bond donors (Lipinski definition) is 0. The van der Waals surface area contributed by atoms with Crippen molar-refractivity contribution in [3.8, 4) is 6.07 Å². The van der Waals surface area contributed by atoms with Crippen LogP contribution in [0, 0.1) is 18.3 Å². The molecule has 0 aliphatic heterocycles. The van der Waals surface area contributed by atoms with E-state index >= 15 is 0 Å². The molecule has 0 spiro atoms. The van der Waals surface area contributed by atoms with E-state index in [2.05, 4.69) is 0 Å². The molecule has 0 N–H and O–H groups in total. The lowest BCUT2D eigenvalue weighted by Gasteiger charge is -2.12. The Kier molecular flexibility index (Phi) is 6.46. The first-order chi connectivity index (χ1) is 12.4. The maximum Gasteiger partial charge on any atom is 0.349 e. The highest BCUT2D eigenvalue weighted by molar-refractivity contribution is 6.03. The minimum absolute atomic E-state index is 0.144. The van der Waals surface area contributed by atoms with E-state index in [0.717, 1.165) is 23.1 Å². The Morgan fingerprint density at radius 3 is 2.27 bits per heavy atom. The Labute approximate surface area is 153 Å². The molecule has 2 rings (SSSR count). The summed E-state index contributed by atoms with van der Waals surface area (Å²) in [6, 6.07) is 16.4. The van der Waals surface area contributed by atoms with Gasteiger partial charge in [0.05, 0.1) is 0 Å². The van der Waals surface area contributed by atoms with E-state index in [0.29, 0.717) is 5.56 Å². The van der Waals surface area contributed by atoms with E-state index in [1.165, 1.54) is 13.0 Å². The second kappa shape index (κ2) is 8.77. The molecule has 0 saturated carbocycles. The summed E-state index contributed by atoms with van der Waals surface area (Å²) in [6.45, 7) is 5.49. The average molecular weight is 347 g/mol. The number of carbonyl (C=O) groups is 2. The fourth-order valence-corrected chi connectivity index (χ4v) is 2.38. The Bertz CT molecular complexity index is 856. The quantitative estimate of drug-likeness (QED) is 0.338. The number of aryl methyl sites for hydroxylation is 2. The molecule has 0 aromatic heterocycles. The molecule has 0 fully saturated rings. The van der Waals surface area contributed by atoms with E-state index in [9.17, 15) is 14.9 Å². The molecule has 0 aliphatic rings. The van der Waals surface area contributed by atoms with Crippen molar-refractivity contribution in [2.24, 2.45) is 0 Å². The Morgan fingerprint density at radius 2 is 1.73 bits per heavy atom. The molecule has 0 unspecified atom stereocenters. The molecule has 4 nitrogen and oxygen atoms in total. The summed E-state index contributed by atoms with van der Waals surface area (Å²) in [7, 11) is 0. The standard InChI is InChI=1S/C22H21NO3/c1-4-17-9-11-19(12-10-17)21(24)16(3)26-22(25)20(14-23)13-18-7-5-15(2)6-8-18/h5-13,16H,4H2,1-3H3/b20-13+/t16-/m1/s1. The lowest BCUT2D eigenvalue weighted by atomic mass is 10.0. The molecule has 0 bridgehead atoms. The van der Waals surface area contributed by atoms with Gasteiger partial charge < -0.3 is 4.74 Å². The minimum atomic E-state index is -0.968. The Morgan fingerprint density at radius 1 is 1.12 bits per heavy atom. The SMILES string of the molecule is CCc1ccc(C(=O)[C@@H](C)OC(=O)/C(C#N)=C/c2ccc(C)cc2)cc1. The van der Waals surface area contributed by atoms with Crippen molar-refractivity contribution < 1.29 is 14.3 Å². The molecule has 0 radical (unpaired) electrons. The van der Waals surface area contributed by atoms with Crippen LogP contribution in [0.4, 0.5) is 0 Å². The third-order valence-electron chi connectivity index (χ3n) is 4.03. The first kappa shape index (κ1) is 19.1. The van der Waals surface area contributed by atoms with Gasteiger partial charge in [-0.05, 0) is 37.5 Å². The minimum Gasteiger partial charge on any atom is -0.450 e. The molecule has 0 aliphatic carbocycles. The molecule has 2 aromatic rings. The lowest BCUT2D eigenvalue weighted by Crippen LogP contribution is -2.25. The molecule has 26 heavy (non-hydrogen) atoms. The van der Waals surface area contributed by atoms with Crippen LogP contribution in [0.15, 0.2) is 54.1 Å². The lowest BCUT2D eigenvalue weighted by molar-refractivity contribution is -0.141. The van der Waals surface area contributed by atoms with Crippen molar-refractivity contribution in [2.45, 2.75) is 33.3 Å². The fraction of sp³-hybridized carbons (Fsp3) is 0.227. The molecule has 4 heteroatoms. The summed E-state index contributed by atoms with van der Waals surface area (Å²) in [6.07, 6.45) is 1.37. The van der Waals surface area contributed by atoms with Crippen LogP contribution in [0.5, 0.6) is 0 Å². The topological polar surface area (TPSA) is 67.2 Å². The summed E-state index contributed by atoms with van der Waals surface area (Å²) in [5, 5.41) is 9.23. The van der Waals surface area contributed by atoms with Crippen molar-refractivity contribution in [1.29, 1.82) is 5.26 Å². The molecule has 0 heterocycles. The molecule has 1 atom stereocenters. The van der Waals surface area contributed by atoms with E-state index in [1.807, 2.05) is 56.3 Å². The first-order valence-electron chi connectivity index (χ1n) is 8.47. The van der Waals surface area contributed by atoms with Gasteiger partial charge in [-0.1, -0.05) is 61.0 Å². The molecule has 0 amide bonds. The predicted octanol–water partition coefficient (Wildman–Crippen LogP) is 4.28. The Balaban J connectivity index is 2.09. The number of rotatable bonds is 6. The van der Waals surface area contributed by atoms with Crippen molar-refractivity contribution in [3.05, 3.63) is 76.4 Å². The van der Waals surface area contributed by atoms with Gasteiger partial charge in [-0.15, -0.1) is 0 Å². The van der Waals surface area contributed by atoms with Gasteiger partial charge in [0.25, 0.3) is 0 Å². The largest absolute Gasteiger partial charge is 0.450 e. The van der Waals surface area contributed by atoms with Crippen molar-refractivity contribution in [3.63, 3.8) is 0 Å². The average Bonchev–Trinajstić information content (AvgIpc) is 2.66. The Hall–Kier alpha value is -3.19. The number of carbonyl (C=O) groups excluding carboxylic acids is 2. The second-order valence-electron chi connectivity index (χ2n) is 6.04. The first-order valence-corrected chi connectivity index (χ1v) is 8.47. The smallest absolute Gasteiger partial charge is 0.349 e. The predicted molar refractivity (Wildman–Crippen MR) is 100 cm³/mol. The van der Waals surface area contributed by atoms with Gasteiger partial charge in [-0.2, -0.15) is 5.26 Å². The van der Waals surface area contributed by atoms with Crippen LogP contribution in [0.2, 0.25) is 0 Å². The number of ether oxygens (including phenoxy) is 1. The summed E-state index contributed by atoms with van der Waals surface area (Å²) in [5.74, 6) is -1.10. The number of Topliss-reactive ketones (excluding diaryl/α,β-unsaturated/α-hetero) is 1. The van der Waals surface area contributed by atoms with Gasteiger partial charge in [0.1, 0.15) is 11.6 Å². The molecule has 2 aromatic carbocycles. The number of benzene rings is 2. The highest BCUT2D eigenvalue weighted by Gasteiger charge is 2.21. The van der Waals surface area contributed by atoms with E-state index in [-0.39, 0.29) is 11.4 Å². The molecular formula is C22H21NO3. The van der Waals surface area contributed by atoms with Crippen molar-refractivity contribution >= 4 is 17.8 Å². The van der Waals surface area contributed by atoms with Crippen LogP contribution in [-0.4, -0.2) is 17.9 Å². The number of nitrogens with zero attached hydrogens (tertiary/aromatic N) is 1. The maximum absolute atomic E-state index is 12.4. The maximum atomic E-state index is 12.4. The van der Waals surface area contributed by atoms with Gasteiger partial charge in [0.15, 0.2) is 6.10 Å². The number of ketones is 1. The van der Waals surface area contributed by atoms with E-state index in [1.54, 1.807) is 12.1 Å². The summed E-state index contributed by atoms with van der Waals surface area (Å²) < 4.78 is 5.19. The van der Waals surface area contributed by atoms with Crippen LogP contribution in [-0.2, 0) is 16.0 Å². The van der Waals surface area contributed by atoms with Gasteiger partial charge in [-0.3, -0.25) is 4.79 Å². The third kappa shape index (κ3) is 4.90. The zero-order valence-corrected chi connectivity index (χ0v) is 15.2. The van der Waals surface area contributed by atoms with Crippen molar-refractivity contribution in [2.75, 3.05) is 0 Å². The van der Waals surface area contributed by atoms with Crippen LogP contribution < -0.4 is 0 Å². The molecule has 132 valence electrons. The highest BCUT2D eigenvalue weighted by atomic mass is 16.5. The van der Waals surface area contributed by atoms with Gasteiger partial charge >= 0.3 is 5.97 Å². The normalized spacial score (nSPS) is 12.2. The molecular weight excluding hydrogens is 326 g/mol. The van der Waals surface area contributed by atoms with Gasteiger partial charge in [0, 0.05) is 5.56 Å². The van der Waals surface area contributed by atoms with E-state index in [4.69, 9.17) is 4.74 Å². The van der Waals surface area contributed by atoms with Crippen LogP contribution in [0.1, 0.15) is 40.9 Å². The fourth-order valence-electron chi connectivity index (χ4n) is 2.38. The van der Waals surface area contributed by atoms with Crippen molar-refractivity contribution in [1.82, 2.24) is 0 Å². The summed E-state index contributed by atoms with van der Waals surface area (Å²) >= 11 is 0.